The number of hydrogen-bond donors (Lipinski definition) is 2. The van der Waals surface area contributed by atoms with Crippen molar-refractivity contribution in [3.63, 3.8) is 0 Å². The fourth-order valence-electron chi connectivity index (χ4n) is 2.74. The zero-order valence-electron chi connectivity index (χ0n) is 11.7. The first-order valence-electron chi connectivity index (χ1n) is 6.81. The Kier molecular flexibility index (Phi) is 6.49. The second-order valence-corrected chi connectivity index (χ2v) is 6.47. The van der Waals surface area contributed by atoms with E-state index in [-0.39, 0.29) is 29.8 Å². The Balaban J connectivity index is 0.00000200. The predicted molar refractivity (Wildman–Crippen MR) is 87.8 cm³/mol. The maximum absolute atomic E-state index is 12.3. The van der Waals surface area contributed by atoms with E-state index in [2.05, 4.69) is 21.2 Å². The Bertz CT molecular complexity index is 465. The van der Waals surface area contributed by atoms with E-state index in [1.807, 2.05) is 31.2 Å². The lowest BCUT2D eigenvalue weighted by molar-refractivity contribution is -0.128. The summed E-state index contributed by atoms with van der Waals surface area (Å²) in [7, 11) is 0. The molecule has 1 aliphatic rings. The molecule has 1 aromatic carbocycles. The van der Waals surface area contributed by atoms with Crippen LogP contribution in [-0.2, 0) is 11.3 Å². The summed E-state index contributed by atoms with van der Waals surface area (Å²) in [6.45, 7) is 2.54. The minimum Gasteiger partial charge on any atom is -0.352 e. The molecule has 1 aliphatic carbocycles. The lowest BCUT2D eigenvalue weighted by Crippen LogP contribution is -2.52. The summed E-state index contributed by atoms with van der Waals surface area (Å²) in [5.41, 5.74) is 6.98. The van der Waals surface area contributed by atoms with Crippen LogP contribution in [0.15, 0.2) is 28.7 Å². The quantitative estimate of drug-likeness (QED) is 0.867. The van der Waals surface area contributed by atoms with Crippen molar-refractivity contribution in [2.45, 2.75) is 44.7 Å². The van der Waals surface area contributed by atoms with Gasteiger partial charge in [0, 0.05) is 16.6 Å². The highest BCUT2D eigenvalue weighted by Gasteiger charge is 2.37. The number of benzene rings is 1. The lowest BCUT2D eigenvalue weighted by Gasteiger charge is -2.37. The molecule has 1 aromatic rings. The molecule has 1 saturated carbocycles. The van der Waals surface area contributed by atoms with Gasteiger partial charge < -0.3 is 11.1 Å². The molecule has 3 nitrogen and oxygen atoms in total. The molecule has 1 amide bonds. The average Bonchev–Trinajstić information content (AvgIpc) is 2.37. The van der Waals surface area contributed by atoms with E-state index in [0.29, 0.717) is 6.54 Å². The van der Waals surface area contributed by atoms with Crippen molar-refractivity contribution < 1.29 is 4.79 Å². The number of nitrogens with one attached hydrogen (secondary N) is 1. The van der Waals surface area contributed by atoms with E-state index in [4.69, 9.17) is 5.73 Å². The minimum atomic E-state index is -0.365. The first kappa shape index (κ1) is 17.5. The maximum Gasteiger partial charge on any atom is 0.225 e. The van der Waals surface area contributed by atoms with Gasteiger partial charge in [0.15, 0.2) is 0 Å². The molecular formula is C15H22BrClN2O. The largest absolute Gasteiger partial charge is 0.352 e. The first-order chi connectivity index (χ1) is 9.00. The van der Waals surface area contributed by atoms with E-state index in [1.165, 1.54) is 0 Å². The topological polar surface area (TPSA) is 55.1 Å². The molecule has 5 heteroatoms. The highest BCUT2D eigenvalue weighted by atomic mass is 79.9. The molecule has 0 saturated heterocycles. The van der Waals surface area contributed by atoms with Gasteiger partial charge in [-0.3, -0.25) is 4.79 Å². The number of nitrogens with two attached hydrogens (primary N) is 1. The van der Waals surface area contributed by atoms with Gasteiger partial charge in [0.2, 0.25) is 5.91 Å². The third-order valence-electron chi connectivity index (χ3n) is 3.98. The Labute approximate surface area is 135 Å². The van der Waals surface area contributed by atoms with Crippen LogP contribution in [0.2, 0.25) is 0 Å². The van der Waals surface area contributed by atoms with Crippen LogP contribution in [0.5, 0.6) is 0 Å². The fraction of sp³-hybridized carbons (Fsp3) is 0.533. The van der Waals surface area contributed by atoms with Crippen molar-refractivity contribution >= 4 is 34.2 Å². The highest BCUT2D eigenvalue weighted by molar-refractivity contribution is 9.10. The first-order valence-corrected chi connectivity index (χ1v) is 7.60. The monoisotopic (exact) mass is 360 g/mol. The van der Waals surface area contributed by atoms with Gasteiger partial charge in [-0.1, -0.05) is 47.0 Å². The maximum atomic E-state index is 12.3. The summed E-state index contributed by atoms with van der Waals surface area (Å²) in [4.78, 5) is 12.3. The minimum absolute atomic E-state index is 0. The van der Waals surface area contributed by atoms with Gasteiger partial charge >= 0.3 is 0 Å². The average molecular weight is 362 g/mol. The zero-order chi connectivity index (χ0) is 13.9. The van der Waals surface area contributed by atoms with Crippen molar-refractivity contribution in [2.24, 2.45) is 11.7 Å². The summed E-state index contributed by atoms with van der Waals surface area (Å²) in [5.74, 6) is 0.0178. The summed E-state index contributed by atoms with van der Waals surface area (Å²) < 4.78 is 1.02. The second kappa shape index (κ2) is 7.43. The highest BCUT2D eigenvalue weighted by Crippen LogP contribution is 2.31. The summed E-state index contributed by atoms with van der Waals surface area (Å²) in [6, 6.07) is 7.93. The Hall–Kier alpha value is -0.580. The molecule has 2 atom stereocenters. The Morgan fingerprint density at radius 3 is 2.80 bits per heavy atom. The van der Waals surface area contributed by atoms with Crippen molar-refractivity contribution in [2.75, 3.05) is 0 Å². The van der Waals surface area contributed by atoms with Crippen LogP contribution >= 0.6 is 28.3 Å². The molecule has 0 heterocycles. The van der Waals surface area contributed by atoms with Crippen molar-refractivity contribution in [3.8, 4) is 0 Å². The van der Waals surface area contributed by atoms with E-state index in [1.54, 1.807) is 0 Å². The van der Waals surface area contributed by atoms with E-state index < -0.39 is 0 Å². The third kappa shape index (κ3) is 4.21. The molecule has 112 valence electrons. The SMILES string of the molecule is CC1(N)CCCCC1C(=O)NCc1ccccc1Br.Cl. The Morgan fingerprint density at radius 2 is 2.15 bits per heavy atom. The van der Waals surface area contributed by atoms with Crippen molar-refractivity contribution in [1.29, 1.82) is 0 Å². The van der Waals surface area contributed by atoms with Crippen molar-refractivity contribution in [1.82, 2.24) is 5.32 Å². The number of carbonyl (C=O) groups is 1. The number of hydrogen-bond acceptors (Lipinski definition) is 2. The molecule has 0 bridgehead atoms. The van der Waals surface area contributed by atoms with Crippen LogP contribution in [0, 0.1) is 5.92 Å². The molecule has 0 aromatic heterocycles. The van der Waals surface area contributed by atoms with Gasteiger partial charge in [0.25, 0.3) is 0 Å². The molecular weight excluding hydrogens is 340 g/mol. The van der Waals surface area contributed by atoms with Crippen molar-refractivity contribution in [3.05, 3.63) is 34.3 Å². The summed E-state index contributed by atoms with van der Waals surface area (Å²) >= 11 is 3.49. The lowest BCUT2D eigenvalue weighted by atomic mass is 9.74. The molecule has 2 unspecified atom stereocenters. The van der Waals surface area contributed by atoms with Crippen LogP contribution < -0.4 is 11.1 Å². The second-order valence-electron chi connectivity index (χ2n) is 5.61. The van der Waals surface area contributed by atoms with Crippen LogP contribution in [0.1, 0.15) is 38.2 Å². The zero-order valence-corrected chi connectivity index (χ0v) is 14.1. The number of carbonyl (C=O) groups excluding carboxylic acids is 1. The van der Waals surface area contributed by atoms with E-state index in [0.717, 1.165) is 35.7 Å². The molecule has 20 heavy (non-hydrogen) atoms. The van der Waals surface area contributed by atoms with Crippen LogP contribution in [-0.4, -0.2) is 11.4 Å². The summed E-state index contributed by atoms with van der Waals surface area (Å²) in [6.07, 6.45) is 4.05. The van der Waals surface area contributed by atoms with Gasteiger partial charge in [0.1, 0.15) is 0 Å². The molecule has 0 spiro atoms. The van der Waals surface area contributed by atoms with Gasteiger partial charge in [-0.05, 0) is 31.4 Å². The number of amides is 1. The standard InChI is InChI=1S/C15H21BrN2O.ClH/c1-15(17)9-5-4-7-12(15)14(19)18-10-11-6-2-3-8-13(11)16;/h2-3,6,8,12H,4-5,7,9-10,17H2,1H3,(H,18,19);1H. The Morgan fingerprint density at radius 1 is 1.45 bits per heavy atom. The normalized spacial score (nSPS) is 25.6. The van der Waals surface area contributed by atoms with Crippen LogP contribution in [0.4, 0.5) is 0 Å². The smallest absolute Gasteiger partial charge is 0.225 e. The molecule has 3 N–H and O–H groups in total. The predicted octanol–water partition coefficient (Wildman–Crippen LogP) is 3.39. The molecule has 0 aliphatic heterocycles. The fourth-order valence-corrected chi connectivity index (χ4v) is 3.16. The molecule has 1 fully saturated rings. The van der Waals surface area contributed by atoms with Gasteiger partial charge in [0.05, 0.1) is 5.92 Å². The third-order valence-corrected chi connectivity index (χ3v) is 4.76. The van der Waals surface area contributed by atoms with Gasteiger partial charge in [-0.2, -0.15) is 0 Å². The van der Waals surface area contributed by atoms with E-state index >= 15 is 0 Å². The van der Waals surface area contributed by atoms with Crippen LogP contribution in [0.25, 0.3) is 0 Å². The molecule has 0 radical (unpaired) electrons. The van der Waals surface area contributed by atoms with E-state index in [9.17, 15) is 4.79 Å². The molecule has 2 rings (SSSR count). The summed E-state index contributed by atoms with van der Waals surface area (Å²) in [5, 5.41) is 3.02. The van der Waals surface area contributed by atoms with Gasteiger partial charge in [-0.15, -0.1) is 12.4 Å². The number of rotatable bonds is 3. The number of halogens is 2. The van der Waals surface area contributed by atoms with Crippen LogP contribution in [0.3, 0.4) is 0 Å². The van der Waals surface area contributed by atoms with Gasteiger partial charge in [-0.25, -0.2) is 0 Å².